The van der Waals surface area contributed by atoms with Crippen LogP contribution in [0.15, 0.2) is 24.3 Å². The van der Waals surface area contributed by atoms with Crippen LogP contribution in [0.2, 0.25) is 0 Å². The average Bonchev–Trinajstić information content (AvgIpc) is 2.64. The van der Waals surface area contributed by atoms with Crippen molar-refractivity contribution in [1.82, 2.24) is 4.90 Å². The number of Topliss-reactive ketones (excluding diaryl/α,β-unsaturated/α-hetero) is 1. The molecule has 2 atom stereocenters. The summed E-state index contributed by atoms with van der Waals surface area (Å²) in [6.45, 7) is 4.67. The maximum atomic E-state index is 12.5. The fraction of sp³-hybridized carbons (Fsp3) is 0.632. The lowest BCUT2D eigenvalue weighted by atomic mass is 10.0. The predicted molar refractivity (Wildman–Crippen MR) is 106 cm³/mol. The van der Waals surface area contributed by atoms with Gasteiger partial charge in [-0.25, -0.2) is 0 Å². The van der Waals surface area contributed by atoms with E-state index < -0.39 is 0 Å². The van der Waals surface area contributed by atoms with Gasteiger partial charge in [0.25, 0.3) is 0 Å². The van der Waals surface area contributed by atoms with Crippen molar-refractivity contribution in [2.24, 2.45) is 5.73 Å². The summed E-state index contributed by atoms with van der Waals surface area (Å²) in [5.41, 5.74) is 6.69. The third-order valence-electron chi connectivity index (χ3n) is 4.45. The highest BCUT2D eigenvalue weighted by Gasteiger charge is 2.25. The van der Waals surface area contributed by atoms with Crippen LogP contribution < -0.4 is 10.5 Å². The van der Waals surface area contributed by atoms with E-state index in [1.807, 2.05) is 31.2 Å². The Morgan fingerprint density at radius 3 is 2.64 bits per heavy atom. The number of rotatable bonds is 9. The van der Waals surface area contributed by atoms with Gasteiger partial charge in [-0.1, -0.05) is 25.5 Å². The lowest BCUT2D eigenvalue weighted by molar-refractivity contribution is 0.0968. The molecule has 142 valence electrons. The van der Waals surface area contributed by atoms with E-state index in [9.17, 15) is 4.79 Å². The van der Waals surface area contributed by atoms with Crippen LogP contribution in [0.1, 0.15) is 55.8 Å². The molecule has 1 saturated heterocycles. The molecule has 2 N–H and O–H groups in total. The van der Waals surface area contributed by atoms with Gasteiger partial charge in [0.05, 0.1) is 12.2 Å². The molecule has 1 fully saturated rings. The van der Waals surface area contributed by atoms with E-state index in [0.717, 1.165) is 19.5 Å². The zero-order valence-electron chi connectivity index (χ0n) is 15.0. The molecule has 2 unspecified atom stereocenters. The molecule has 1 aliphatic rings. The minimum absolute atomic E-state index is 0. The summed E-state index contributed by atoms with van der Waals surface area (Å²) in [6, 6.07) is 7.23. The second-order valence-corrected chi connectivity index (χ2v) is 6.89. The zero-order chi connectivity index (χ0) is 17.4. The Hall–Kier alpha value is -0.810. The zero-order valence-corrected chi connectivity index (χ0v) is 16.5. The number of piperidine rings is 1. The first-order valence-electron chi connectivity index (χ1n) is 9.02. The number of hydrogen-bond acceptors (Lipinski definition) is 4. The lowest BCUT2D eigenvalue weighted by Gasteiger charge is -2.33. The number of halogens is 2. The van der Waals surface area contributed by atoms with Crippen molar-refractivity contribution in [1.29, 1.82) is 0 Å². The third kappa shape index (κ3) is 6.78. The number of nitrogens with zero attached hydrogens (tertiary/aromatic N) is 1. The Labute approximate surface area is 162 Å². The standard InChI is InChI=1S/C19H29ClN2O2.ClH/c1-2-14-24-18-9-5-4-8-15(18)17(23)11-10-16(21)19(20)22-12-6-3-7-13-22;/h4-5,8-9,16,19H,2-3,6-7,10-14,21H2,1H3;1H. The fourth-order valence-corrected chi connectivity index (χ4v) is 3.36. The number of ketones is 1. The van der Waals surface area contributed by atoms with Crippen LogP contribution in [0.25, 0.3) is 0 Å². The number of para-hydroxylation sites is 1. The Morgan fingerprint density at radius 1 is 1.28 bits per heavy atom. The number of benzene rings is 1. The van der Waals surface area contributed by atoms with E-state index in [4.69, 9.17) is 22.1 Å². The second kappa shape index (κ2) is 11.7. The van der Waals surface area contributed by atoms with Crippen molar-refractivity contribution >= 4 is 29.8 Å². The summed E-state index contributed by atoms with van der Waals surface area (Å²) in [7, 11) is 0. The molecule has 0 bridgehead atoms. The van der Waals surface area contributed by atoms with Gasteiger partial charge < -0.3 is 10.5 Å². The van der Waals surface area contributed by atoms with Gasteiger partial charge in [0.2, 0.25) is 0 Å². The van der Waals surface area contributed by atoms with Gasteiger partial charge in [-0.05, 0) is 50.9 Å². The Kier molecular flexibility index (Phi) is 10.4. The molecule has 0 radical (unpaired) electrons. The molecule has 2 rings (SSSR count). The first-order valence-corrected chi connectivity index (χ1v) is 9.46. The molecule has 1 aromatic carbocycles. The van der Waals surface area contributed by atoms with Crippen molar-refractivity contribution in [3.63, 3.8) is 0 Å². The molecule has 0 aromatic heterocycles. The normalized spacial score (nSPS) is 17.4. The van der Waals surface area contributed by atoms with Gasteiger partial charge in [-0.2, -0.15) is 0 Å². The van der Waals surface area contributed by atoms with Crippen molar-refractivity contribution in [2.45, 2.75) is 57.0 Å². The van der Waals surface area contributed by atoms with Gasteiger partial charge in [0.15, 0.2) is 5.78 Å². The van der Waals surface area contributed by atoms with Gasteiger partial charge in [-0.3, -0.25) is 9.69 Å². The maximum absolute atomic E-state index is 12.5. The van der Waals surface area contributed by atoms with E-state index in [0.29, 0.717) is 30.8 Å². The molecule has 4 nitrogen and oxygen atoms in total. The number of carbonyl (C=O) groups excluding carboxylic acids is 1. The molecule has 1 heterocycles. The first-order chi connectivity index (χ1) is 11.6. The van der Waals surface area contributed by atoms with Crippen LogP contribution in [0.4, 0.5) is 0 Å². The molecule has 1 aromatic rings. The number of likely N-dealkylation sites (tertiary alicyclic amines) is 1. The molecule has 6 heteroatoms. The van der Waals surface area contributed by atoms with Crippen LogP contribution in [-0.4, -0.2) is 41.9 Å². The van der Waals surface area contributed by atoms with Crippen molar-refractivity contribution in [2.75, 3.05) is 19.7 Å². The minimum atomic E-state index is -0.197. The van der Waals surface area contributed by atoms with E-state index in [1.165, 1.54) is 19.3 Å². The predicted octanol–water partition coefficient (Wildman–Crippen LogP) is 4.24. The topological polar surface area (TPSA) is 55.6 Å². The van der Waals surface area contributed by atoms with Crippen molar-refractivity contribution in [3.05, 3.63) is 29.8 Å². The average molecular weight is 389 g/mol. The summed E-state index contributed by atoms with van der Waals surface area (Å²) in [6.07, 6.45) is 5.52. The largest absolute Gasteiger partial charge is 0.493 e. The number of alkyl halides is 1. The van der Waals surface area contributed by atoms with E-state index in [1.54, 1.807) is 0 Å². The SMILES string of the molecule is CCCOc1ccccc1C(=O)CCC(N)C(Cl)N1CCCCC1.Cl. The lowest BCUT2D eigenvalue weighted by Crippen LogP contribution is -2.46. The number of hydrogen-bond donors (Lipinski definition) is 1. The van der Waals surface area contributed by atoms with Crippen LogP contribution in [-0.2, 0) is 0 Å². The smallest absolute Gasteiger partial charge is 0.166 e. The summed E-state index contributed by atoms with van der Waals surface area (Å²) >= 11 is 6.50. The van der Waals surface area contributed by atoms with Crippen LogP contribution in [0.3, 0.4) is 0 Å². The van der Waals surface area contributed by atoms with E-state index >= 15 is 0 Å². The Morgan fingerprint density at radius 2 is 1.96 bits per heavy atom. The number of ether oxygens (including phenoxy) is 1. The van der Waals surface area contributed by atoms with Gasteiger partial charge in [0.1, 0.15) is 11.3 Å². The number of nitrogens with two attached hydrogens (primary N) is 1. The Balaban J connectivity index is 0.00000312. The molecule has 0 aliphatic carbocycles. The summed E-state index contributed by atoms with van der Waals surface area (Å²) < 4.78 is 5.67. The maximum Gasteiger partial charge on any atom is 0.166 e. The monoisotopic (exact) mass is 388 g/mol. The molecule has 1 aliphatic heterocycles. The molecule has 0 saturated carbocycles. The second-order valence-electron chi connectivity index (χ2n) is 6.44. The molecule has 25 heavy (non-hydrogen) atoms. The first kappa shape index (κ1) is 22.2. The molecular formula is C19H30Cl2N2O2. The Bertz CT molecular complexity index is 522. The highest BCUT2D eigenvalue weighted by molar-refractivity contribution is 6.20. The highest BCUT2D eigenvalue weighted by atomic mass is 35.5. The summed E-state index contributed by atoms with van der Waals surface area (Å²) in [5.74, 6) is 0.732. The molecule has 0 amide bonds. The molecular weight excluding hydrogens is 359 g/mol. The van der Waals surface area contributed by atoms with Crippen LogP contribution in [0.5, 0.6) is 5.75 Å². The van der Waals surface area contributed by atoms with E-state index in [-0.39, 0.29) is 29.7 Å². The van der Waals surface area contributed by atoms with E-state index in [2.05, 4.69) is 4.90 Å². The quantitative estimate of drug-likeness (QED) is 0.390. The number of carbonyl (C=O) groups is 1. The third-order valence-corrected chi connectivity index (χ3v) is 5.05. The summed E-state index contributed by atoms with van der Waals surface area (Å²) in [5, 5.41) is 0. The van der Waals surface area contributed by atoms with Gasteiger partial charge >= 0.3 is 0 Å². The van der Waals surface area contributed by atoms with Gasteiger partial charge in [-0.15, -0.1) is 24.0 Å². The van der Waals surface area contributed by atoms with Crippen molar-refractivity contribution < 1.29 is 9.53 Å². The summed E-state index contributed by atoms with van der Waals surface area (Å²) in [4.78, 5) is 14.8. The highest BCUT2D eigenvalue weighted by Crippen LogP contribution is 2.22. The molecule has 0 spiro atoms. The van der Waals surface area contributed by atoms with Gasteiger partial charge in [0, 0.05) is 12.5 Å². The van der Waals surface area contributed by atoms with Crippen molar-refractivity contribution in [3.8, 4) is 5.75 Å². The van der Waals surface area contributed by atoms with Crippen LogP contribution in [0, 0.1) is 0 Å². The fourth-order valence-electron chi connectivity index (χ4n) is 3.04. The van der Waals surface area contributed by atoms with Crippen LogP contribution >= 0.6 is 24.0 Å². The minimum Gasteiger partial charge on any atom is -0.493 e.